The molecule has 0 spiro atoms. The zero-order chi connectivity index (χ0) is 10.8. The van der Waals surface area contributed by atoms with E-state index in [1.54, 1.807) is 0 Å². The van der Waals surface area contributed by atoms with Gasteiger partial charge in [-0.3, -0.25) is 0 Å². The Hall–Kier alpha value is -0.980. The Kier molecular flexibility index (Phi) is 2.99. The van der Waals surface area contributed by atoms with Crippen LogP contribution in [0, 0.1) is 12.8 Å². The van der Waals surface area contributed by atoms with E-state index in [1.807, 2.05) is 6.07 Å². The molecule has 2 rings (SSSR count). The second-order valence-corrected chi connectivity index (χ2v) is 4.93. The molecule has 82 valence electrons. The molecule has 1 aromatic carbocycles. The van der Waals surface area contributed by atoms with Gasteiger partial charge in [0.25, 0.3) is 0 Å². The average Bonchev–Trinajstić information content (AvgIpc) is 2.23. The number of hydrogen-bond donors (Lipinski definition) is 1. The van der Waals surface area contributed by atoms with Crippen LogP contribution in [0.15, 0.2) is 18.2 Å². The fraction of sp³-hybridized carbons (Fsp3) is 0.571. The maximum atomic E-state index is 5.97. The molecule has 1 nitrogen and oxygen atoms in total. The molecule has 0 heterocycles. The van der Waals surface area contributed by atoms with Crippen molar-refractivity contribution in [3.8, 4) is 0 Å². The summed E-state index contributed by atoms with van der Waals surface area (Å²) in [4.78, 5) is 0. The molecule has 1 aromatic rings. The Morgan fingerprint density at radius 2 is 1.93 bits per heavy atom. The number of benzene rings is 1. The number of rotatable bonds is 1. The third-order valence-electron chi connectivity index (χ3n) is 3.93. The highest BCUT2D eigenvalue weighted by Crippen LogP contribution is 2.39. The highest BCUT2D eigenvalue weighted by Gasteiger charge is 2.24. The van der Waals surface area contributed by atoms with Gasteiger partial charge >= 0.3 is 0 Å². The van der Waals surface area contributed by atoms with Crippen molar-refractivity contribution in [1.82, 2.24) is 0 Å². The first kappa shape index (κ1) is 10.5. The molecule has 1 fully saturated rings. The number of nitrogens with two attached hydrogens (primary N) is 1. The van der Waals surface area contributed by atoms with Gasteiger partial charge in [-0.2, -0.15) is 0 Å². The van der Waals surface area contributed by atoms with Crippen molar-refractivity contribution in [2.45, 2.75) is 45.4 Å². The van der Waals surface area contributed by atoms with E-state index in [9.17, 15) is 0 Å². The molecule has 1 saturated carbocycles. The van der Waals surface area contributed by atoms with E-state index in [0.29, 0.717) is 0 Å². The largest absolute Gasteiger partial charge is 0.399 e. The predicted molar refractivity (Wildman–Crippen MR) is 66.0 cm³/mol. The normalized spacial score (nSPS) is 26.5. The van der Waals surface area contributed by atoms with Gasteiger partial charge in [0.15, 0.2) is 0 Å². The molecule has 1 aliphatic rings. The van der Waals surface area contributed by atoms with Gasteiger partial charge in [0.05, 0.1) is 0 Å². The SMILES string of the molecule is Cc1c(N)cccc1[C@H]1CCCC[C@@H]1C. The van der Waals surface area contributed by atoms with E-state index >= 15 is 0 Å². The van der Waals surface area contributed by atoms with Crippen LogP contribution in [0.5, 0.6) is 0 Å². The summed E-state index contributed by atoms with van der Waals surface area (Å²) in [5.41, 5.74) is 9.71. The van der Waals surface area contributed by atoms with Crippen LogP contribution in [0.3, 0.4) is 0 Å². The van der Waals surface area contributed by atoms with Crippen molar-refractivity contribution in [3.63, 3.8) is 0 Å². The molecule has 0 bridgehead atoms. The van der Waals surface area contributed by atoms with E-state index in [0.717, 1.165) is 17.5 Å². The first-order chi connectivity index (χ1) is 7.20. The smallest absolute Gasteiger partial charge is 0.0346 e. The van der Waals surface area contributed by atoms with Gasteiger partial charge in [-0.05, 0) is 42.4 Å². The molecule has 1 heteroatoms. The number of nitrogen functional groups attached to an aromatic ring is 1. The fourth-order valence-electron chi connectivity index (χ4n) is 2.85. The van der Waals surface area contributed by atoms with Crippen LogP contribution in [0.2, 0.25) is 0 Å². The first-order valence-electron chi connectivity index (χ1n) is 6.05. The van der Waals surface area contributed by atoms with E-state index in [1.165, 1.54) is 36.8 Å². The molecule has 0 saturated heterocycles. The molecule has 0 aliphatic heterocycles. The molecule has 2 atom stereocenters. The van der Waals surface area contributed by atoms with Gasteiger partial charge in [0, 0.05) is 5.69 Å². The van der Waals surface area contributed by atoms with Crippen LogP contribution in [-0.4, -0.2) is 0 Å². The van der Waals surface area contributed by atoms with E-state index in [-0.39, 0.29) is 0 Å². The molecule has 0 radical (unpaired) electrons. The average molecular weight is 203 g/mol. The quantitative estimate of drug-likeness (QED) is 0.689. The second-order valence-electron chi connectivity index (χ2n) is 4.93. The lowest BCUT2D eigenvalue weighted by atomic mass is 9.75. The summed E-state index contributed by atoms with van der Waals surface area (Å²) in [6.45, 7) is 4.54. The number of hydrogen-bond acceptors (Lipinski definition) is 1. The van der Waals surface area contributed by atoms with Gasteiger partial charge in [0.1, 0.15) is 0 Å². The number of anilines is 1. The van der Waals surface area contributed by atoms with Crippen LogP contribution < -0.4 is 5.73 Å². The molecule has 1 aliphatic carbocycles. The maximum absolute atomic E-state index is 5.97. The summed E-state index contributed by atoms with van der Waals surface area (Å²) < 4.78 is 0. The van der Waals surface area contributed by atoms with Crippen LogP contribution in [-0.2, 0) is 0 Å². The van der Waals surface area contributed by atoms with Gasteiger partial charge in [0.2, 0.25) is 0 Å². The Morgan fingerprint density at radius 3 is 2.67 bits per heavy atom. The third-order valence-corrected chi connectivity index (χ3v) is 3.93. The summed E-state index contributed by atoms with van der Waals surface area (Å²) in [5, 5.41) is 0. The van der Waals surface area contributed by atoms with Crippen molar-refractivity contribution in [3.05, 3.63) is 29.3 Å². The zero-order valence-electron chi connectivity index (χ0n) is 9.79. The van der Waals surface area contributed by atoms with Crippen molar-refractivity contribution >= 4 is 5.69 Å². The van der Waals surface area contributed by atoms with E-state index in [2.05, 4.69) is 26.0 Å². The van der Waals surface area contributed by atoms with Crippen molar-refractivity contribution in [2.75, 3.05) is 5.73 Å². The minimum absolute atomic E-state index is 0.738. The zero-order valence-corrected chi connectivity index (χ0v) is 9.79. The van der Waals surface area contributed by atoms with Crippen molar-refractivity contribution < 1.29 is 0 Å². The van der Waals surface area contributed by atoms with Crippen molar-refractivity contribution in [1.29, 1.82) is 0 Å². The van der Waals surface area contributed by atoms with Crippen LogP contribution >= 0.6 is 0 Å². The van der Waals surface area contributed by atoms with Crippen LogP contribution in [0.25, 0.3) is 0 Å². The molecule has 0 amide bonds. The van der Waals surface area contributed by atoms with Gasteiger partial charge in [-0.25, -0.2) is 0 Å². The molecule has 2 N–H and O–H groups in total. The molecular formula is C14H21N. The summed E-state index contributed by atoms with van der Waals surface area (Å²) in [6, 6.07) is 6.36. The first-order valence-corrected chi connectivity index (χ1v) is 6.05. The van der Waals surface area contributed by atoms with Crippen LogP contribution in [0.4, 0.5) is 5.69 Å². The minimum atomic E-state index is 0.738. The molecule has 0 aromatic heterocycles. The van der Waals surface area contributed by atoms with Crippen molar-refractivity contribution in [2.24, 2.45) is 5.92 Å². The maximum Gasteiger partial charge on any atom is 0.0346 e. The lowest BCUT2D eigenvalue weighted by Crippen LogP contribution is -2.16. The molecule has 15 heavy (non-hydrogen) atoms. The minimum Gasteiger partial charge on any atom is -0.399 e. The summed E-state index contributed by atoms with van der Waals surface area (Å²) in [5.74, 6) is 1.56. The highest BCUT2D eigenvalue weighted by atomic mass is 14.6. The summed E-state index contributed by atoms with van der Waals surface area (Å²) in [7, 11) is 0. The predicted octanol–water partition coefficient (Wildman–Crippen LogP) is 3.87. The highest BCUT2D eigenvalue weighted by molar-refractivity contribution is 5.51. The van der Waals surface area contributed by atoms with E-state index < -0.39 is 0 Å². The third kappa shape index (κ3) is 2.01. The van der Waals surface area contributed by atoms with Gasteiger partial charge < -0.3 is 5.73 Å². The standard InChI is InChI=1S/C14H21N/c1-10-6-3-4-7-12(10)13-8-5-9-14(15)11(13)2/h5,8-10,12H,3-4,6-7,15H2,1-2H3/t10-,12-/m0/s1. The molecule has 0 unspecified atom stereocenters. The molecular weight excluding hydrogens is 182 g/mol. The van der Waals surface area contributed by atoms with Gasteiger partial charge in [-0.1, -0.05) is 38.3 Å². The Morgan fingerprint density at radius 1 is 1.20 bits per heavy atom. The monoisotopic (exact) mass is 203 g/mol. The fourth-order valence-corrected chi connectivity index (χ4v) is 2.85. The lowest BCUT2D eigenvalue weighted by Gasteiger charge is -2.30. The van der Waals surface area contributed by atoms with E-state index in [4.69, 9.17) is 5.73 Å². The van der Waals surface area contributed by atoms with Gasteiger partial charge in [-0.15, -0.1) is 0 Å². The summed E-state index contributed by atoms with van der Waals surface area (Å²) in [6.07, 6.45) is 5.49. The van der Waals surface area contributed by atoms with Crippen LogP contribution in [0.1, 0.15) is 49.7 Å². The Balaban J connectivity index is 2.31. The Bertz CT molecular complexity index is 343. The topological polar surface area (TPSA) is 26.0 Å². The summed E-state index contributed by atoms with van der Waals surface area (Å²) >= 11 is 0. The lowest BCUT2D eigenvalue weighted by molar-refractivity contribution is 0.330. The Labute approximate surface area is 92.7 Å². The second kappa shape index (κ2) is 4.26.